The van der Waals surface area contributed by atoms with Crippen molar-refractivity contribution in [2.75, 3.05) is 28.3 Å². The van der Waals surface area contributed by atoms with Crippen LogP contribution in [0.3, 0.4) is 0 Å². The van der Waals surface area contributed by atoms with Gasteiger partial charge in [-0.3, -0.25) is 0 Å². The molecule has 0 aliphatic heterocycles. The Labute approximate surface area is 155 Å². The number of methoxy groups -OCH3 is 2. The molecule has 0 aliphatic carbocycles. The van der Waals surface area contributed by atoms with Crippen molar-refractivity contribution in [2.24, 2.45) is 0 Å². The molecule has 0 radical (unpaired) electrons. The quantitative estimate of drug-likeness (QED) is 0.765. The summed E-state index contributed by atoms with van der Waals surface area (Å²) in [5.74, 6) is 1.49. The van der Waals surface area contributed by atoms with E-state index in [0.717, 1.165) is 22.6 Å². The van der Waals surface area contributed by atoms with Crippen LogP contribution in [-0.2, 0) is 16.6 Å². The van der Waals surface area contributed by atoms with Crippen LogP contribution >= 0.6 is 0 Å². The van der Waals surface area contributed by atoms with Gasteiger partial charge in [-0.2, -0.15) is 0 Å². The number of nitrogens with one attached hydrogen (secondary N) is 1. The first-order chi connectivity index (χ1) is 12.3. The van der Waals surface area contributed by atoms with Crippen molar-refractivity contribution in [3.8, 4) is 11.5 Å². The molecule has 0 saturated carbocycles. The molecule has 1 atom stereocenters. The molecule has 0 heterocycles. The molecule has 142 valence electrons. The van der Waals surface area contributed by atoms with E-state index in [4.69, 9.17) is 9.47 Å². The Morgan fingerprint density at radius 2 is 1.54 bits per heavy atom. The van der Waals surface area contributed by atoms with E-state index in [1.54, 1.807) is 26.4 Å². The van der Waals surface area contributed by atoms with Crippen molar-refractivity contribution in [3.63, 3.8) is 0 Å². The van der Waals surface area contributed by atoms with Gasteiger partial charge in [-0.05, 0) is 42.3 Å². The molecule has 1 N–H and O–H groups in total. The first kappa shape index (κ1) is 20.2. The van der Waals surface area contributed by atoms with Crippen LogP contribution < -0.4 is 14.8 Å². The number of benzene rings is 2. The Kier molecular flexibility index (Phi) is 6.63. The fourth-order valence-corrected chi connectivity index (χ4v) is 3.40. The minimum Gasteiger partial charge on any atom is -0.497 e. The highest BCUT2D eigenvalue weighted by Gasteiger charge is 2.17. The van der Waals surface area contributed by atoms with Gasteiger partial charge in [0, 0.05) is 32.7 Å². The predicted molar refractivity (Wildman–Crippen MR) is 102 cm³/mol. The summed E-state index contributed by atoms with van der Waals surface area (Å²) in [4.78, 5) is 0.288. The van der Waals surface area contributed by atoms with Crippen molar-refractivity contribution < 1.29 is 17.9 Å². The average Bonchev–Trinajstić information content (AvgIpc) is 2.65. The summed E-state index contributed by atoms with van der Waals surface area (Å²) in [5.41, 5.74) is 2.05. The van der Waals surface area contributed by atoms with E-state index < -0.39 is 10.0 Å². The maximum atomic E-state index is 12.1. The van der Waals surface area contributed by atoms with Crippen LogP contribution in [0.5, 0.6) is 11.5 Å². The molecule has 0 spiro atoms. The molecule has 0 amide bonds. The molecule has 6 nitrogen and oxygen atoms in total. The fraction of sp³-hybridized carbons (Fsp3) is 0.368. The summed E-state index contributed by atoms with van der Waals surface area (Å²) in [7, 11) is 2.89. The molecule has 0 bridgehead atoms. The molecule has 1 unspecified atom stereocenters. The SMILES string of the molecule is COc1cc(CNC(C)c2ccc(S(=O)(=O)N(C)C)cc2)cc(OC)c1. The van der Waals surface area contributed by atoms with Gasteiger partial charge in [0.05, 0.1) is 19.1 Å². The maximum absolute atomic E-state index is 12.1. The second-order valence-corrected chi connectivity index (χ2v) is 8.33. The zero-order valence-electron chi connectivity index (χ0n) is 15.8. The average molecular weight is 378 g/mol. The third-order valence-electron chi connectivity index (χ3n) is 4.18. The van der Waals surface area contributed by atoms with Gasteiger partial charge >= 0.3 is 0 Å². The lowest BCUT2D eigenvalue weighted by Crippen LogP contribution is -2.22. The summed E-state index contributed by atoms with van der Waals surface area (Å²) >= 11 is 0. The Bertz CT molecular complexity index is 811. The minimum absolute atomic E-state index is 0.0586. The van der Waals surface area contributed by atoms with E-state index in [9.17, 15) is 8.42 Å². The molecular formula is C19H26N2O4S. The number of ether oxygens (including phenoxy) is 2. The van der Waals surface area contributed by atoms with E-state index in [2.05, 4.69) is 5.32 Å². The van der Waals surface area contributed by atoms with Gasteiger partial charge in [0.1, 0.15) is 11.5 Å². The number of nitrogens with zero attached hydrogens (tertiary/aromatic N) is 1. The van der Waals surface area contributed by atoms with Crippen LogP contribution in [0.25, 0.3) is 0 Å². The van der Waals surface area contributed by atoms with Gasteiger partial charge < -0.3 is 14.8 Å². The van der Waals surface area contributed by atoms with Gasteiger partial charge in [-0.15, -0.1) is 0 Å². The van der Waals surface area contributed by atoms with E-state index in [0.29, 0.717) is 6.54 Å². The smallest absolute Gasteiger partial charge is 0.242 e. The van der Waals surface area contributed by atoms with Crippen LogP contribution in [-0.4, -0.2) is 41.0 Å². The molecule has 0 fully saturated rings. The highest BCUT2D eigenvalue weighted by molar-refractivity contribution is 7.89. The summed E-state index contributed by atoms with van der Waals surface area (Å²) in [6, 6.07) is 12.7. The second-order valence-electron chi connectivity index (χ2n) is 6.18. The minimum atomic E-state index is -3.40. The van der Waals surface area contributed by atoms with Crippen LogP contribution in [0.15, 0.2) is 47.4 Å². The van der Waals surface area contributed by atoms with Gasteiger partial charge in [-0.25, -0.2) is 12.7 Å². The Balaban J connectivity index is 2.08. The van der Waals surface area contributed by atoms with Crippen molar-refractivity contribution in [1.29, 1.82) is 0 Å². The van der Waals surface area contributed by atoms with Crippen LogP contribution in [0.2, 0.25) is 0 Å². The summed E-state index contributed by atoms with van der Waals surface area (Å²) < 4.78 is 36.0. The molecule has 0 aliphatic rings. The molecular weight excluding hydrogens is 352 g/mol. The van der Waals surface area contributed by atoms with E-state index in [1.165, 1.54) is 18.4 Å². The third kappa shape index (κ3) is 4.75. The predicted octanol–water partition coefficient (Wildman–Crippen LogP) is 2.80. The number of sulfonamides is 1. The van der Waals surface area contributed by atoms with Crippen LogP contribution in [0.1, 0.15) is 24.1 Å². The fourth-order valence-electron chi connectivity index (χ4n) is 2.50. The summed E-state index contributed by atoms with van der Waals surface area (Å²) in [5, 5.41) is 3.43. The summed E-state index contributed by atoms with van der Waals surface area (Å²) in [6.45, 7) is 2.67. The van der Waals surface area contributed by atoms with E-state index in [-0.39, 0.29) is 10.9 Å². The normalized spacial score (nSPS) is 12.8. The maximum Gasteiger partial charge on any atom is 0.242 e. The topological polar surface area (TPSA) is 67.9 Å². The Morgan fingerprint density at radius 1 is 1.00 bits per heavy atom. The molecule has 2 rings (SSSR count). The van der Waals surface area contributed by atoms with Gasteiger partial charge in [-0.1, -0.05) is 12.1 Å². The number of hydrogen-bond acceptors (Lipinski definition) is 5. The molecule has 0 saturated heterocycles. The number of rotatable bonds is 8. The highest BCUT2D eigenvalue weighted by Crippen LogP contribution is 2.23. The van der Waals surface area contributed by atoms with Crippen molar-refractivity contribution in [3.05, 3.63) is 53.6 Å². The lowest BCUT2D eigenvalue weighted by Gasteiger charge is -2.17. The third-order valence-corrected chi connectivity index (χ3v) is 6.01. The van der Waals surface area contributed by atoms with Crippen molar-refractivity contribution in [2.45, 2.75) is 24.4 Å². The summed E-state index contributed by atoms with van der Waals surface area (Å²) in [6.07, 6.45) is 0. The van der Waals surface area contributed by atoms with Gasteiger partial charge in [0.25, 0.3) is 0 Å². The highest BCUT2D eigenvalue weighted by atomic mass is 32.2. The van der Waals surface area contributed by atoms with E-state index >= 15 is 0 Å². The molecule has 7 heteroatoms. The largest absolute Gasteiger partial charge is 0.497 e. The monoisotopic (exact) mass is 378 g/mol. The lowest BCUT2D eigenvalue weighted by atomic mass is 10.1. The zero-order chi connectivity index (χ0) is 19.3. The van der Waals surface area contributed by atoms with Gasteiger partial charge in [0.2, 0.25) is 10.0 Å². The standard InChI is InChI=1S/C19H26N2O4S/c1-14(16-6-8-19(9-7-16)26(22,23)21(2)3)20-13-15-10-17(24-4)12-18(11-15)25-5/h6-12,14,20H,13H2,1-5H3. The van der Waals surface area contributed by atoms with Crippen LogP contribution in [0, 0.1) is 0 Å². The molecule has 0 aromatic heterocycles. The first-order valence-corrected chi connectivity index (χ1v) is 9.69. The van der Waals surface area contributed by atoms with Gasteiger partial charge in [0.15, 0.2) is 0 Å². The first-order valence-electron chi connectivity index (χ1n) is 8.25. The Hall–Kier alpha value is -2.09. The van der Waals surface area contributed by atoms with Crippen molar-refractivity contribution >= 4 is 10.0 Å². The van der Waals surface area contributed by atoms with Crippen LogP contribution in [0.4, 0.5) is 0 Å². The zero-order valence-corrected chi connectivity index (χ0v) is 16.6. The lowest BCUT2D eigenvalue weighted by molar-refractivity contribution is 0.392. The molecule has 26 heavy (non-hydrogen) atoms. The Morgan fingerprint density at radius 3 is 2.00 bits per heavy atom. The molecule has 2 aromatic carbocycles. The second kappa shape index (κ2) is 8.53. The molecule has 2 aromatic rings. The van der Waals surface area contributed by atoms with E-state index in [1.807, 2.05) is 37.3 Å². The van der Waals surface area contributed by atoms with Crippen molar-refractivity contribution in [1.82, 2.24) is 9.62 Å². The number of hydrogen-bond donors (Lipinski definition) is 1.